The minimum atomic E-state index is -3.82. The Morgan fingerprint density at radius 2 is 2.07 bits per heavy atom. The number of hydrogen-bond acceptors (Lipinski definition) is 9. The van der Waals surface area contributed by atoms with Crippen LogP contribution in [-0.4, -0.2) is 68.6 Å². The van der Waals surface area contributed by atoms with Crippen LogP contribution in [0.4, 0.5) is 0 Å². The molecule has 2 aromatic rings. The normalized spacial score (nSPS) is 30.4. The van der Waals surface area contributed by atoms with Gasteiger partial charge in [-0.05, 0) is 27.2 Å². The van der Waals surface area contributed by atoms with Gasteiger partial charge in [0.2, 0.25) is 5.88 Å². The third-order valence-corrected chi connectivity index (χ3v) is 6.18. The fraction of sp³-hybridized carbons (Fsp3) is 0.706. The second kappa shape index (κ2) is 7.57. The van der Waals surface area contributed by atoms with Crippen molar-refractivity contribution in [3.05, 3.63) is 12.7 Å². The third kappa shape index (κ3) is 3.90. The number of aromatic nitrogens is 4. The van der Waals surface area contributed by atoms with E-state index in [1.807, 2.05) is 18.4 Å². The molecule has 1 saturated heterocycles. The summed E-state index contributed by atoms with van der Waals surface area (Å²) in [6.07, 6.45) is 1.98. The Labute approximate surface area is 167 Å². The lowest BCUT2D eigenvalue weighted by Gasteiger charge is -2.24. The van der Waals surface area contributed by atoms with Crippen molar-refractivity contribution in [1.29, 1.82) is 0 Å². The molecule has 11 nitrogen and oxygen atoms in total. The maximum absolute atomic E-state index is 12.0. The van der Waals surface area contributed by atoms with Gasteiger partial charge in [-0.1, -0.05) is 0 Å². The predicted molar refractivity (Wildman–Crippen MR) is 101 cm³/mol. The van der Waals surface area contributed by atoms with Crippen LogP contribution < -0.4 is 4.74 Å². The molecular weight excluding hydrogens is 403 g/mol. The van der Waals surface area contributed by atoms with Crippen LogP contribution in [0.2, 0.25) is 0 Å². The molecule has 2 aromatic heterocycles. The Hall–Kier alpha value is -1.62. The molecule has 3 heterocycles. The highest BCUT2D eigenvalue weighted by Gasteiger charge is 2.55. The van der Waals surface area contributed by atoms with Crippen molar-refractivity contribution in [1.82, 2.24) is 19.5 Å². The van der Waals surface area contributed by atoms with Crippen molar-refractivity contribution >= 4 is 18.8 Å². The van der Waals surface area contributed by atoms with Crippen molar-refractivity contribution in [2.45, 2.75) is 57.3 Å². The largest absolute Gasteiger partial charge is 0.479 e. The van der Waals surface area contributed by atoms with Crippen LogP contribution in [0.1, 0.15) is 33.2 Å². The molecule has 1 aliphatic heterocycles. The van der Waals surface area contributed by atoms with Crippen LogP contribution in [0.3, 0.4) is 0 Å². The first-order valence-corrected chi connectivity index (χ1v) is 11.2. The Kier molecular flexibility index (Phi) is 5.39. The summed E-state index contributed by atoms with van der Waals surface area (Å²) in [7, 11) is -2.29. The highest BCUT2D eigenvalue weighted by molar-refractivity contribution is 7.52. The van der Waals surface area contributed by atoms with Gasteiger partial charge in [0.15, 0.2) is 17.0 Å². The van der Waals surface area contributed by atoms with E-state index in [1.165, 1.54) is 13.4 Å². The summed E-state index contributed by atoms with van der Waals surface area (Å²) in [5.41, 5.74) is 1.15. The van der Waals surface area contributed by atoms with Crippen molar-refractivity contribution in [2.75, 3.05) is 20.1 Å². The number of ether oxygens (including phenoxy) is 4. The van der Waals surface area contributed by atoms with E-state index in [1.54, 1.807) is 13.3 Å². The topological polar surface area (TPSA) is 127 Å². The molecule has 2 fully saturated rings. The van der Waals surface area contributed by atoms with Gasteiger partial charge in [0.05, 0.1) is 32.2 Å². The van der Waals surface area contributed by atoms with E-state index < -0.39 is 31.9 Å². The molecule has 4 rings (SSSR count). The summed E-state index contributed by atoms with van der Waals surface area (Å²) in [5, 5.41) is 0. The standard InChI is InChI=1S/C17H25N4O7P/c1-5-26-29(22,23)9-25-11-6-10(13-14(11)28-17(2,3)27-13)21-8-20-12-15(21)18-7-19-16(12)24-4/h7-8,10-11,13-14H,5-6,9H2,1-4H3,(H,22,23)/t10-,11+,13+,14-/m1/s1. The lowest BCUT2D eigenvalue weighted by Crippen LogP contribution is -2.31. The molecule has 2 aliphatic rings. The van der Waals surface area contributed by atoms with Crippen molar-refractivity contribution in [3.63, 3.8) is 0 Å². The zero-order valence-corrected chi connectivity index (χ0v) is 17.6. The first-order chi connectivity index (χ1) is 13.7. The zero-order chi connectivity index (χ0) is 20.8. The fourth-order valence-electron chi connectivity index (χ4n) is 3.99. The highest BCUT2D eigenvalue weighted by atomic mass is 31.2. The van der Waals surface area contributed by atoms with Gasteiger partial charge in [-0.25, -0.2) is 9.97 Å². The minimum Gasteiger partial charge on any atom is -0.479 e. The van der Waals surface area contributed by atoms with E-state index in [0.29, 0.717) is 23.5 Å². The second-order valence-electron chi connectivity index (χ2n) is 7.46. The Balaban J connectivity index is 1.62. The van der Waals surface area contributed by atoms with E-state index in [4.69, 9.17) is 23.5 Å². The van der Waals surface area contributed by atoms with E-state index >= 15 is 0 Å². The first-order valence-electron chi connectivity index (χ1n) is 9.40. The number of hydrogen-bond donors (Lipinski definition) is 1. The first kappa shape index (κ1) is 20.6. The number of nitrogens with zero attached hydrogens (tertiary/aromatic N) is 4. The SMILES string of the molecule is CCOP(=O)(O)CO[C@H]1C[C@@H](n2cnc3c(OC)ncnc32)[C@@H]2OC(C)(C)O[C@@H]21. The molecule has 5 atom stereocenters. The Morgan fingerprint density at radius 3 is 2.79 bits per heavy atom. The molecule has 0 amide bonds. The molecule has 0 spiro atoms. The van der Waals surface area contributed by atoms with Gasteiger partial charge in [0.25, 0.3) is 0 Å². The van der Waals surface area contributed by atoms with Gasteiger partial charge >= 0.3 is 7.60 Å². The average molecular weight is 428 g/mol. The van der Waals surface area contributed by atoms with Gasteiger partial charge in [0, 0.05) is 0 Å². The van der Waals surface area contributed by atoms with Crippen LogP contribution in [0.25, 0.3) is 11.2 Å². The number of fused-ring (bicyclic) bond motifs is 2. The Bertz CT molecular complexity index is 936. The molecule has 0 radical (unpaired) electrons. The van der Waals surface area contributed by atoms with Gasteiger partial charge < -0.3 is 32.9 Å². The Morgan fingerprint density at radius 1 is 1.31 bits per heavy atom. The minimum absolute atomic E-state index is 0.131. The van der Waals surface area contributed by atoms with Crippen molar-refractivity contribution < 1.29 is 32.9 Å². The highest BCUT2D eigenvalue weighted by Crippen LogP contribution is 2.48. The molecule has 29 heavy (non-hydrogen) atoms. The predicted octanol–water partition coefficient (Wildman–Crippen LogP) is 1.86. The lowest BCUT2D eigenvalue weighted by molar-refractivity contribution is -0.168. The number of rotatable bonds is 7. The van der Waals surface area contributed by atoms with Gasteiger partial charge in [-0.3, -0.25) is 4.57 Å². The van der Waals surface area contributed by atoms with Crippen LogP contribution in [-0.2, 0) is 23.3 Å². The quantitative estimate of drug-likeness (QED) is 0.653. The van der Waals surface area contributed by atoms with Crippen LogP contribution >= 0.6 is 7.60 Å². The summed E-state index contributed by atoms with van der Waals surface area (Å²) in [6.45, 7) is 5.44. The van der Waals surface area contributed by atoms with E-state index in [0.717, 1.165) is 0 Å². The summed E-state index contributed by atoms with van der Waals surface area (Å²) in [4.78, 5) is 22.7. The maximum atomic E-state index is 12.0. The smallest absolute Gasteiger partial charge is 0.353 e. The fourth-order valence-corrected chi connectivity index (χ4v) is 4.85. The number of methoxy groups -OCH3 is 1. The van der Waals surface area contributed by atoms with Gasteiger partial charge in [-0.2, -0.15) is 4.98 Å². The summed E-state index contributed by atoms with van der Waals surface area (Å²) in [6, 6.07) is -0.193. The number of imidazole rings is 1. The molecule has 1 N–H and O–H groups in total. The van der Waals surface area contributed by atoms with Crippen LogP contribution in [0.15, 0.2) is 12.7 Å². The zero-order valence-electron chi connectivity index (χ0n) is 16.7. The monoisotopic (exact) mass is 428 g/mol. The van der Waals surface area contributed by atoms with Crippen molar-refractivity contribution in [3.8, 4) is 5.88 Å². The molecule has 1 aliphatic carbocycles. The molecule has 1 unspecified atom stereocenters. The van der Waals surface area contributed by atoms with Crippen LogP contribution in [0, 0.1) is 0 Å². The van der Waals surface area contributed by atoms with Gasteiger partial charge in [0.1, 0.15) is 24.9 Å². The van der Waals surface area contributed by atoms with E-state index in [9.17, 15) is 9.46 Å². The molecule has 0 bridgehead atoms. The maximum Gasteiger partial charge on any atom is 0.353 e. The third-order valence-electron chi connectivity index (χ3n) is 5.04. The second-order valence-corrected chi connectivity index (χ2v) is 9.26. The molecule has 1 saturated carbocycles. The van der Waals surface area contributed by atoms with Crippen LogP contribution in [0.5, 0.6) is 5.88 Å². The molecular formula is C17H25N4O7P. The summed E-state index contributed by atoms with van der Waals surface area (Å²) >= 11 is 0. The van der Waals surface area contributed by atoms with E-state index in [2.05, 4.69) is 15.0 Å². The molecule has 160 valence electrons. The molecule has 12 heteroatoms. The summed E-state index contributed by atoms with van der Waals surface area (Å²) < 4.78 is 42.0. The average Bonchev–Trinajstić information content (AvgIpc) is 3.30. The van der Waals surface area contributed by atoms with E-state index in [-0.39, 0.29) is 18.8 Å². The lowest BCUT2D eigenvalue weighted by atomic mass is 10.2. The summed E-state index contributed by atoms with van der Waals surface area (Å²) in [5.74, 6) is -0.417. The molecule has 0 aromatic carbocycles. The van der Waals surface area contributed by atoms with Crippen molar-refractivity contribution in [2.24, 2.45) is 0 Å². The van der Waals surface area contributed by atoms with Gasteiger partial charge in [-0.15, -0.1) is 0 Å².